The Morgan fingerprint density at radius 2 is 2.05 bits per heavy atom. The van der Waals surface area contributed by atoms with E-state index in [1.807, 2.05) is 0 Å². The second-order valence-corrected chi connectivity index (χ2v) is 4.90. The van der Waals surface area contributed by atoms with E-state index in [-0.39, 0.29) is 6.54 Å². The zero-order chi connectivity index (χ0) is 14.5. The molecule has 112 valence electrons. The summed E-state index contributed by atoms with van der Waals surface area (Å²) in [5.41, 5.74) is 5.12. The Labute approximate surface area is 110 Å². The van der Waals surface area contributed by atoms with Crippen LogP contribution < -0.4 is 5.73 Å². The number of nitrogens with zero attached hydrogens (tertiary/aromatic N) is 2. The minimum absolute atomic E-state index is 0.309. The van der Waals surface area contributed by atoms with E-state index in [4.69, 9.17) is 15.7 Å². The minimum atomic E-state index is -4.51. The van der Waals surface area contributed by atoms with E-state index in [9.17, 15) is 13.2 Å². The van der Waals surface area contributed by atoms with Crippen LogP contribution in [0.2, 0.25) is 0 Å². The van der Waals surface area contributed by atoms with E-state index in [1.54, 1.807) is 11.9 Å². The topological polar surface area (TPSA) is 71.1 Å². The summed E-state index contributed by atoms with van der Waals surface area (Å²) in [5, 5.41) is 10.9. The number of rotatable bonds is 5. The molecule has 0 saturated carbocycles. The molecule has 0 spiro atoms. The molecular weight excluding hydrogens is 263 g/mol. The highest BCUT2D eigenvalue weighted by atomic mass is 19.4. The Kier molecular flexibility index (Phi) is 5.86. The van der Waals surface area contributed by atoms with Crippen LogP contribution in [0.25, 0.3) is 0 Å². The molecule has 1 fully saturated rings. The first-order valence-electron chi connectivity index (χ1n) is 6.15. The predicted octanol–water partition coefficient (Wildman–Crippen LogP) is 1.27. The zero-order valence-electron chi connectivity index (χ0n) is 10.9. The van der Waals surface area contributed by atoms with E-state index in [2.05, 4.69) is 5.16 Å². The molecule has 0 aromatic rings. The maximum absolute atomic E-state index is 12.8. The lowest BCUT2D eigenvalue weighted by atomic mass is 9.99. The number of halogens is 3. The molecular formula is C11H20F3N3O2. The molecule has 0 radical (unpaired) electrons. The van der Waals surface area contributed by atoms with Crippen molar-refractivity contribution in [1.29, 1.82) is 0 Å². The third kappa shape index (κ3) is 5.23. The highest BCUT2D eigenvalue weighted by Crippen LogP contribution is 2.27. The lowest BCUT2D eigenvalue weighted by Gasteiger charge is -2.30. The number of alkyl halides is 3. The predicted molar refractivity (Wildman–Crippen MR) is 64.0 cm³/mol. The first kappa shape index (κ1) is 16.0. The van der Waals surface area contributed by atoms with Gasteiger partial charge in [-0.3, -0.25) is 0 Å². The second-order valence-electron chi connectivity index (χ2n) is 4.90. The van der Waals surface area contributed by atoms with Crippen molar-refractivity contribution < 1.29 is 23.1 Å². The van der Waals surface area contributed by atoms with Gasteiger partial charge in [0.15, 0.2) is 5.84 Å². The fourth-order valence-electron chi connectivity index (χ4n) is 2.19. The maximum atomic E-state index is 12.8. The SMILES string of the molecule is CN(CC1CCOCC1)CC(C(N)=NO)C(F)(F)F. The van der Waals surface area contributed by atoms with Crippen molar-refractivity contribution >= 4 is 5.84 Å². The van der Waals surface area contributed by atoms with Gasteiger partial charge in [0.2, 0.25) is 0 Å². The number of amidine groups is 1. The second kappa shape index (κ2) is 6.95. The number of hydrogen-bond donors (Lipinski definition) is 2. The van der Waals surface area contributed by atoms with Crippen LogP contribution in [-0.4, -0.2) is 55.5 Å². The normalized spacial score (nSPS) is 20.8. The number of ether oxygens (including phenoxy) is 1. The summed E-state index contributed by atoms with van der Waals surface area (Å²) in [5.74, 6) is -2.41. The molecule has 1 aliphatic rings. The molecule has 1 atom stereocenters. The Morgan fingerprint density at radius 1 is 1.47 bits per heavy atom. The van der Waals surface area contributed by atoms with Gasteiger partial charge < -0.3 is 20.6 Å². The number of oxime groups is 1. The van der Waals surface area contributed by atoms with Gasteiger partial charge in [-0.2, -0.15) is 13.2 Å². The lowest BCUT2D eigenvalue weighted by molar-refractivity contribution is -0.160. The fourth-order valence-corrected chi connectivity index (χ4v) is 2.19. The first-order chi connectivity index (χ1) is 8.84. The average Bonchev–Trinajstić information content (AvgIpc) is 2.35. The molecule has 1 saturated heterocycles. The Morgan fingerprint density at radius 3 is 2.53 bits per heavy atom. The largest absolute Gasteiger partial charge is 0.409 e. The molecule has 8 heteroatoms. The van der Waals surface area contributed by atoms with Gasteiger partial charge in [0.25, 0.3) is 0 Å². The fraction of sp³-hybridized carbons (Fsp3) is 0.909. The van der Waals surface area contributed by atoms with Crippen molar-refractivity contribution in [3.63, 3.8) is 0 Å². The molecule has 0 aromatic heterocycles. The van der Waals surface area contributed by atoms with Gasteiger partial charge in [0, 0.05) is 26.3 Å². The summed E-state index contributed by atoms with van der Waals surface area (Å²) < 4.78 is 43.5. The zero-order valence-corrected chi connectivity index (χ0v) is 10.9. The summed E-state index contributed by atoms with van der Waals surface area (Å²) in [6.07, 6.45) is -2.81. The standard InChI is InChI=1S/C11H20F3N3O2/c1-17(6-8-2-4-19-5-3-8)7-9(10(15)16-18)11(12,13)14/h8-9,18H,2-7H2,1H3,(H2,15,16). The van der Waals surface area contributed by atoms with Crippen LogP contribution in [-0.2, 0) is 4.74 Å². The van der Waals surface area contributed by atoms with E-state index < -0.39 is 17.9 Å². The summed E-state index contributed by atoms with van der Waals surface area (Å²) in [7, 11) is 1.61. The van der Waals surface area contributed by atoms with Crippen LogP contribution in [0.4, 0.5) is 13.2 Å². The van der Waals surface area contributed by atoms with E-state index in [0.29, 0.717) is 25.7 Å². The maximum Gasteiger partial charge on any atom is 0.400 e. The van der Waals surface area contributed by atoms with Crippen LogP contribution in [0.5, 0.6) is 0 Å². The monoisotopic (exact) mass is 283 g/mol. The first-order valence-corrected chi connectivity index (χ1v) is 6.15. The van der Waals surface area contributed by atoms with Crippen molar-refractivity contribution in [2.45, 2.75) is 19.0 Å². The third-order valence-electron chi connectivity index (χ3n) is 3.27. The smallest absolute Gasteiger partial charge is 0.400 e. The molecule has 0 amide bonds. The van der Waals surface area contributed by atoms with Crippen molar-refractivity contribution in [1.82, 2.24) is 4.90 Å². The van der Waals surface area contributed by atoms with E-state index in [0.717, 1.165) is 12.8 Å². The van der Waals surface area contributed by atoms with Gasteiger partial charge in [-0.1, -0.05) is 5.16 Å². The van der Waals surface area contributed by atoms with Crippen LogP contribution in [0.15, 0.2) is 5.16 Å². The van der Waals surface area contributed by atoms with Gasteiger partial charge in [0.1, 0.15) is 5.92 Å². The minimum Gasteiger partial charge on any atom is -0.409 e. The molecule has 1 aliphatic heterocycles. The summed E-state index contributed by atoms with van der Waals surface area (Å²) in [4.78, 5) is 1.58. The summed E-state index contributed by atoms with van der Waals surface area (Å²) in [6.45, 7) is 1.55. The molecule has 0 aliphatic carbocycles. The highest BCUT2D eigenvalue weighted by molar-refractivity contribution is 5.83. The molecule has 3 N–H and O–H groups in total. The van der Waals surface area contributed by atoms with Crippen LogP contribution in [0.1, 0.15) is 12.8 Å². The molecule has 5 nitrogen and oxygen atoms in total. The van der Waals surface area contributed by atoms with Gasteiger partial charge in [-0.05, 0) is 25.8 Å². The van der Waals surface area contributed by atoms with Crippen molar-refractivity contribution in [3.05, 3.63) is 0 Å². The van der Waals surface area contributed by atoms with Crippen LogP contribution in [0, 0.1) is 11.8 Å². The third-order valence-corrected chi connectivity index (χ3v) is 3.27. The molecule has 1 rings (SSSR count). The molecule has 0 aromatic carbocycles. The molecule has 1 unspecified atom stereocenters. The number of hydrogen-bond acceptors (Lipinski definition) is 4. The van der Waals surface area contributed by atoms with Gasteiger partial charge >= 0.3 is 6.18 Å². The van der Waals surface area contributed by atoms with Gasteiger partial charge in [0.05, 0.1) is 0 Å². The van der Waals surface area contributed by atoms with Crippen molar-refractivity contribution in [2.75, 3.05) is 33.4 Å². The van der Waals surface area contributed by atoms with Crippen LogP contribution in [0.3, 0.4) is 0 Å². The van der Waals surface area contributed by atoms with E-state index >= 15 is 0 Å². The molecule has 0 bridgehead atoms. The van der Waals surface area contributed by atoms with Crippen LogP contribution >= 0.6 is 0 Å². The van der Waals surface area contributed by atoms with Crippen molar-refractivity contribution in [2.24, 2.45) is 22.7 Å². The van der Waals surface area contributed by atoms with Crippen molar-refractivity contribution in [3.8, 4) is 0 Å². The highest BCUT2D eigenvalue weighted by Gasteiger charge is 2.43. The van der Waals surface area contributed by atoms with E-state index in [1.165, 1.54) is 0 Å². The lowest BCUT2D eigenvalue weighted by Crippen LogP contribution is -2.44. The summed E-state index contributed by atoms with van der Waals surface area (Å²) in [6, 6.07) is 0. The Hall–Kier alpha value is -1.02. The average molecular weight is 283 g/mol. The van der Waals surface area contributed by atoms with Gasteiger partial charge in [-0.25, -0.2) is 0 Å². The molecule has 19 heavy (non-hydrogen) atoms. The quantitative estimate of drug-likeness (QED) is 0.345. The molecule has 1 heterocycles. The summed E-state index contributed by atoms with van der Waals surface area (Å²) >= 11 is 0. The number of nitrogens with two attached hydrogens (primary N) is 1. The Bertz CT molecular complexity index is 304. The van der Waals surface area contributed by atoms with Gasteiger partial charge in [-0.15, -0.1) is 0 Å². The Balaban J connectivity index is 2.53.